The summed E-state index contributed by atoms with van der Waals surface area (Å²) in [4.78, 5) is 53.1. The number of nitrogens with one attached hydrogen (secondary N) is 1. The summed E-state index contributed by atoms with van der Waals surface area (Å²) >= 11 is 0. The first-order chi connectivity index (χ1) is 15.9. The van der Waals surface area contributed by atoms with Gasteiger partial charge in [0.2, 0.25) is 5.91 Å². The van der Waals surface area contributed by atoms with Crippen molar-refractivity contribution in [1.29, 1.82) is 0 Å². The smallest absolute Gasteiger partial charge is 0.325 e. The Hall–Kier alpha value is -4.60. The normalized spacial score (nSPS) is 10.8. The van der Waals surface area contributed by atoms with Crippen LogP contribution in [-0.4, -0.2) is 24.9 Å². The highest BCUT2D eigenvalue weighted by atomic mass is 16.6. The minimum Gasteiger partial charge on any atom is -0.325 e. The van der Waals surface area contributed by atoms with E-state index in [-0.39, 0.29) is 29.8 Å². The van der Waals surface area contributed by atoms with Gasteiger partial charge in [-0.1, -0.05) is 30.3 Å². The Bertz CT molecular complexity index is 1440. The van der Waals surface area contributed by atoms with Gasteiger partial charge in [0.15, 0.2) is 5.52 Å². The summed E-state index contributed by atoms with van der Waals surface area (Å²) in [5.41, 5.74) is 0.419. The number of nitro groups is 1. The van der Waals surface area contributed by atoms with Crippen molar-refractivity contribution in [3.63, 3.8) is 0 Å². The predicted octanol–water partition coefficient (Wildman–Crippen LogP) is 2.35. The van der Waals surface area contributed by atoms with Gasteiger partial charge >= 0.3 is 5.69 Å². The van der Waals surface area contributed by atoms with Crippen LogP contribution >= 0.6 is 0 Å². The molecule has 1 N–H and O–H groups in total. The van der Waals surface area contributed by atoms with Crippen molar-refractivity contribution in [3.8, 4) is 0 Å². The van der Waals surface area contributed by atoms with Crippen molar-refractivity contribution in [2.75, 3.05) is 5.32 Å². The number of aryl methyl sites for hydroxylation is 1. The van der Waals surface area contributed by atoms with E-state index in [9.17, 15) is 24.5 Å². The first kappa shape index (κ1) is 21.6. The molecular formula is C23H19N5O5. The molecular weight excluding hydrogens is 426 g/mol. The SMILES string of the molecule is O=C(Cn1c(=O)n(CCc2ccccc2)c(=O)c2ncccc21)Nc1ccc([N+](=O)[O-])cc1. The number of aromatic nitrogens is 3. The Morgan fingerprint density at radius 1 is 0.970 bits per heavy atom. The predicted molar refractivity (Wildman–Crippen MR) is 122 cm³/mol. The van der Waals surface area contributed by atoms with E-state index in [0.717, 1.165) is 10.1 Å². The molecule has 0 aliphatic carbocycles. The molecule has 1 amide bonds. The lowest BCUT2D eigenvalue weighted by molar-refractivity contribution is -0.384. The third-order valence-corrected chi connectivity index (χ3v) is 5.12. The van der Waals surface area contributed by atoms with E-state index >= 15 is 0 Å². The molecule has 0 aliphatic rings. The molecule has 2 aromatic heterocycles. The second-order valence-corrected chi connectivity index (χ2v) is 7.28. The van der Waals surface area contributed by atoms with Gasteiger partial charge in [-0.2, -0.15) is 0 Å². The van der Waals surface area contributed by atoms with Crippen LogP contribution in [-0.2, 0) is 24.3 Å². The third-order valence-electron chi connectivity index (χ3n) is 5.12. The van der Waals surface area contributed by atoms with E-state index < -0.39 is 22.1 Å². The van der Waals surface area contributed by atoms with Crippen LogP contribution in [0.3, 0.4) is 0 Å². The quantitative estimate of drug-likeness (QED) is 0.343. The Kier molecular flexibility index (Phi) is 6.07. The van der Waals surface area contributed by atoms with Crippen LogP contribution in [0.2, 0.25) is 0 Å². The van der Waals surface area contributed by atoms with Gasteiger partial charge in [-0.25, -0.2) is 9.78 Å². The lowest BCUT2D eigenvalue weighted by Crippen LogP contribution is -2.42. The number of nitrogens with zero attached hydrogens (tertiary/aromatic N) is 4. The zero-order chi connectivity index (χ0) is 23.4. The molecule has 0 fully saturated rings. The molecule has 0 saturated heterocycles. The fourth-order valence-corrected chi connectivity index (χ4v) is 3.49. The molecule has 10 nitrogen and oxygen atoms in total. The first-order valence-electron chi connectivity index (χ1n) is 10.1. The number of nitro benzene ring substituents is 1. The summed E-state index contributed by atoms with van der Waals surface area (Å²) in [6.45, 7) is -0.220. The van der Waals surface area contributed by atoms with Crippen molar-refractivity contribution >= 4 is 28.3 Å². The van der Waals surface area contributed by atoms with Gasteiger partial charge in [0.1, 0.15) is 6.54 Å². The van der Waals surface area contributed by atoms with Gasteiger partial charge in [-0.05, 0) is 36.2 Å². The molecule has 166 valence electrons. The second-order valence-electron chi connectivity index (χ2n) is 7.28. The standard InChI is InChI=1S/C23H19N5O5/c29-20(25-17-8-10-18(11-9-17)28(32)33)15-27-19-7-4-13-24-21(19)22(30)26(23(27)31)14-12-16-5-2-1-3-6-16/h1-11,13H,12,14-15H2,(H,25,29). The number of fused-ring (bicyclic) bond motifs is 1. The van der Waals surface area contributed by atoms with E-state index in [0.29, 0.717) is 12.1 Å². The van der Waals surface area contributed by atoms with E-state index in [2.05, 4.69) is 10.3 Å². The van der Waals surface area contributed by atoms with Crippen molar-refractivity contribution < 1.29 is 9.72 Å². The topological polar surface area (TPSA) is 129 Å². The van der Waals surface area contributed by atoms with Gasteiger partial charge < -0.3 is 5.32 Å². The van der Waals surface area contributed by atoms with Crippen LogP contribution in [0.5, 0.6) is 0 Å². The van der Waals surface area contributed by atoms with Crippen LogP contribution in [0.15, 0.2) is 82.5 Å². The van der Waals surface area contributed by atoms with E-state index in [1.54, 1.807) is 12.1 Å². The van der Waals surface area contributed by atoms with Gasteiger partial charge in [0.25, 0.3) is 11.2 Å². The Morgan fingerprint density at radius 3 is 2.39 bits per heavy atom. The van der Waals surface area contributed by atoms with E-state index in [1.807, 2.05) is 30.3 Å². The van der Waals surface area contributed by atoms with E-state index in [1.165, 1.54) is 35.0 Å². The summed E-state index contributed by atoms with van der Waals surface area (Å²) in [5.74, 6) is -0.524. The van der Waals surface area contributed by atoms with Crippen LogP contribution in [0.25, 0.3) is 11.0 Å². The van der Waals surface area contributed by atoms with Crippen molar-refractivity contribution in [1.82, 2.24) is 14.1 Å². The molecule has 0 radical (unpaired) electrons. The molecule has 2 aromatic carbocycles. The van der Waals surface area contributed by atoms with Gasteiger partial charge in [0, 0.05) is 30.6 Å². The molecule has 4 aromatic rings. The molecule has 4 rings (SSSR count). The molecule has 0 aliphatic heterocycles. The summed E-state index contributed by atoms with van der Waals surface area (Å²) in [7, 11) is 0. The monoisotopic (exact) mass is 445 g/mol. The van der Waals surface area contributed by atoms with Crippen LogP contribution in [0, 0.1) is 10.1 Å². The summed E-state index contributed by atoms with van der Waals surface area (Å²) in [6.07, 6.45) is 1.92. The number of hydrogen-bond donors (Lipinski definition) is 1. The molecule has 2 heterocycles. The Labute approximate surface area is 186 Å². The second kappa shape index (κ2) is 9.27. The molecule has 10 heteroatoms. The number of carbonyl (C=O) groups is 1. The first-order valence-corrected chi connectivity index (χ1v) is 10.1. The van der Waals surface area contributed by atoms with Gasteiger partial charge in [0.05, 0.1) is 10.4 Å². The molecule has 0 spiro atoms. The number of non-ortho nitro benzene ring substituents is 1. The van der Waals surface area contributed by atoms with Gasteiger partial charge in [-0.3, -0.25) is 28.8 Å². The van der Waals surface area contributed by atoms with Crippen LogP contribution < -0.4 is 16.6 Å². The highest BCUT2D eigenvalue weighted by Crippen LogP contribution is 2.15. The minimum absolute atomic E-state index is 0.0910. The van der Waals surface area contributed by atoms with Crippen LogP contribution in [0.4, 0.5) is 11.4 Å². The fraction of sp³-hybridized carbons (Fsp3) is 0.130. The number of amides is 1. The number of hydrogen-bond acceptors (Lipinski definition) is 6. The average Bonchev–Trinajstić information content (AvgIpc) is 2.83. The Morgan fingerprint density at radius 2 is 1.70 bits per heavy atom. The summed E-state index contributed by atoms with van der Waals surface area (Å²) < 4.78 is 2.29. The summed E-state index contributed by atoms with van der Waals surface area (Å²) in [6, 6.07) is 17.9. The van der Waals surface area contributed by atoms with Crippen molar-refractivity contribution in [3.05, 3.63) is 109 Å². The minimum atomic E-state index is -0.615. The average molecular weight is 445 g/mol. The molecule has 0 bridgehead atoms. The molecule has 33 heavy (non-hydrogen) atoms. The molecule has 0 atom stereocenters. The maximum absolute atomic E-state index is 13.2. The van der Waals surface area contributed by atoms with Gasteiger partial charge in [-0.15, -0.1) is 0 Å². The van der Waals surface area contributed by atoms with E-state index in [4.69, 9.17) is 0 Å². The Balaban J connectivity index is 1.64. The number of rotatable bonds is 7. The lowest BCUT2D eigenvalue weighted by atomic mass is 10.1. The maximum atomic E-state index is 13.2. The van der Waals surface area contributed by atoms with Crippen molar-refractivity contribution in [2.45, 2.75) is 19.5 Å². The highest BCUT2D eigenvalue weighted by Gasteiger charge is 2.16. The fourth-order valence-electron chi connectivity index (χ4n) is 3.49. The maximum Gasteiger partial charge on any atom is 0.332 e. The summed E-state index contributed by atoms with van der Waals surface area (Å²) in [5, 5.41) is 13.4. The lowest BCUT2D eigenvalue weighted by Gasteiger charge is -2.14. The number of benzene rings is 2. The number of pyridine rings is 1. The van der Waals surface area contributed by atoms with Crippen LogP contribution in [0.1, 0.15) is 5.56 Å². The zero-order valence-corrected chi connectivity index (χ0v) is 17.4. The molecule has 0 unspecified atom stereocenters. The number of anilines is 1. The highest BCUT2D eigenvalue weighted by molar-refractivity contribution is 5.91. The largest absolute Gasteiger partial charge is 0.332 e. The zero-order valence-electron chi connectivity index (χ0n) is 17.4. The third kappa shape index (κ3) is 4.69. The molecule has 0 saturated carbocycles. The van der Waals surface area contributed by atoms with Crippen molar-refractivity contribution in [2.24, 2.45) is 0 Å². The number of carbonyl (C=O) groups excluding carboxylic acids is 1.